The second-order valence-electron chi connectivity index (χ2n) is 4.50. The first-order valence-electron chi connectivity index (χ1n) is 5.63. The minimum atomic E-state index is 0. The predicted molar refractivity (Wildman–Crippen MR) is 72.5 cm³/mol. The Hall–Kier alpha value is 0.500. The van der Waals surface area contributed by atoms with Crippen molar-refractivity contribution in [2.24, 2.45) is 5.92 Å². The molecule has 1 fully saturated rings. The van der Waals surface area contributed by atoms with Gasteiger partial charge in [-0.3, -0.25) is 0 Å². The summed E-state index contributed by atoms with van der Waals surface area (Å²) in [4.78, 5) is 2.60. The van der Waals surface area contributed by atoms with Gasteiger partial charge in [-0.15, -0.1) is 24.8 Å². The average Bonchev–Trinajstić information content (AvgIpc) is 2.15. The van der Waals surface area contributed by atoms with Gasteiger partial charge in [0.2, 0.25) is 0 Å². The number of hydrogen-bond acceptors (Lipinski definition) is 2. The minimum Gasteiger partial charge on any atom is -0.315 e. The van der Waals surface area contributed by atoms with E-state index in [1.54, 1.807) is 0 Å². The molecule has 2 nitrogen and oxygen atoms in total. The third-order valence-electron chi connectivity index (χ3n) is 3.08. The van der Waals surface area contributed by atoms with Crippen LogP contribution in [0.1, 0.15) is 33.1 Å². The molecule has 0 radical (unpaired) electrons. The Labute approximate surface area is 107 Å². The molecule has 1 aliphatic heterocycles. The molecular formula is C11H26Cl2N2. The van der Waals surface area contributed by atoms with Crippen molar-refractivity contribution in [3.8, 4) is 0 Å². The molecule has 0 bridgehead atoms. The summed E-state index contributed by atoms with van der Waals surface area (Å²) < 4.78 is 0. The molecule has 0 spiro atoms. The maximum atomic E-state index is 3.41. The van der Waals surface area contributed by atoms with Crippen molar-refractivity contribution in [3.63, 3.8) is 0 Å². The zero-order chi connectivity index (χ0) is 9.68. The summed E-state index contributed by atoms with van der Waals surface area (Å²) in [5.74, 6) is 0.743. The fourth-order valence-corrected chi connectivity index (χ4v) is 2.06. The molecule has 1 rings (SSSR count). The van der Waals surface area contributed by atoms with Gasteiger partial charge in [0, 0.05) is 12.6 Å². The van der Waals surface area contributed by atoms with E-state index in [0.29, 0.717) is 6.04 Å². The summed E-state index contributed by atoms with van der Waals surface area (Å²) in [5, 5.41) is 3.41. The first-order chi connectivity index (χ1) is 6.24. The van der Waals surface area contributed by atoms with Crippen LogP contribution in [0, 0.1) is 5.92 Å². The van der Waals surface area contributed by atoms with Gasteiger partial charge in [0.1, 0.15) is 0 Å². The topological polar surface area (TPSA) is 15.3 Å². The first kappa shape index (κ1) is 17.9. The lowest BCUT2D eigenvalue weighted by Gasteiger charge is -2.31. The SMILES string of the molecule is CNC(CN1CCCCC1)C(C)C.Cl.Cl. The Kier molecular flexibility index (Phi) is 11.6. The highest BCUT2D eigenvalue weighted by molar-refractivity contribution is 5.85. The van der Waals surface area contributed by atoms with Gasteiger partial charge >= 0.3 is 0 Å². The third-order valence-corrected chi connectivity index (χ3v) is 3.08. The Morgan fingerprint density at radius 2 is 1.60 bits per heavy atom. The Morgan fingerprint density at radius 3 is 2.00 bits per heavy atom. The molecule has 94 valence electrons. The van der Waals surface area contributed by atoms with Crippen LogP contribution in [0.2, 0.25) is 0 Å². The molecule has 1 aliphatic rings. The van der Waals surface area contributed by atoms with Gasteiger partial charge in [0.25, 0.3) is 0 Å². The van der Waals surface area contributed by atoms with E-state index in [2.05, 4.69) is 31.1 Å². The van der Waals surface area contributed by atoms with Gasteiger partial charge in [-0.1, -0.05) is 20.3 Å². The number of halogens is 2. The number of likely N-dealkylation sites (tertiary alicyclic amines) is 1. The van der Waals surface area contributed by atoms with E-state index in [4.69, 9.17) is 0 Å². The molecule has 0 aromatic rings. The number of hydrogen-bond donors (Lipinski definition) is 1. The number of piperidine rings is 1. The van der Waals surface area contributed by atoms with E-state index in [1.807, 2.05) is 0 Å². The van der Waals surface area contributed by atoms with Crippen molar-refractivity contribution in [3.05, 3.63) is 0 Å². The van der Waals surface area contributed by atoms with Crippen molar-refractivity contribution in [2.75, 3.05) is 26.7 Å². The molecule has 0 aromatic carbocycles. The molecule has 0 saturated carbocycles. The lowest BCUT2D eigenvalue weighted by molar-refractivity contribution is 0.191. The summed E-state index contributed by atoms with van der Waals surface area (Å²) in [6, 6.07) is 0.665. The molecule has 0 amide bonds. The van der Waals surface area contributed by atoms with Crippen LogP contribution in [-0.4, -0.2) is 37.6 Å². The lowest BCUT2D eigenvalue weighted by atomic mass is 10.0. The van der Waals surface area contributed by atoms with Crippen molar-refractivity contribution >= 4 is 24.8 Å². The molecule has 1 saturated heterocycles. The summed E-state index contributed by atoms with van der Waals surface area (Å²) in [6.45, 7) is 8.44. The third kappa shape index (κ3) is 6.62. The van der Waals surface area contributed by atoms with E-state index < -0.39 is 0 Å². The first-order valence-corrected chi connectivity index (χ1v) is 5.63. The smallest absolute Gasteiger partial charge is 0.0214 e. The van der Waals surface area contributed by atoms with Crippen LogP contribution < -0.4 is 5.32 Å². The maximum Gasteiger partial charge on any atom is 0.0214 e. The van der Waals surface area contributed by atoms with Crippen LogP contribution in [0.4, 0.5) is 0 Å². The van der Waals surface area contributed by atoms with E-state index >= 15 is 0 Å². The largest absolute Gasteiger partial charge is 0.315 e. The highest BCUT2D eigenvalue weighted by Gasteiger charge is 2.17. The van der Waals surface area contributed by atoms with Crippen molar-refractivity contribution in [1.29, 1.82) is 0 Å². The summed E-state index contributed by atoms with van der Waals surface area (Å²) in [6.07, 6.45) is 4.23. The Bertz CT molecular complexity index is 137. The summed E-state index contributed by atoms with van der Waals surface area (Å²) in [7, 11) is 2.08. The minimum absolute atomic E-state index is 0. The lowest BCUT2D eigenvalue weighted by Crippen LogP contribution is -2.44. The van der Waals surface area contributed by atoms with Gasteiger partial charge < -0.3 is 10.2 Å². The van der Waals surface area contributed by atoms with Gasteiger partial charge in [-0.25, -0.2) is 0 Å². The van der Waals surface area contributed by atoms with Gasteiger partial charge in [-0.2, -0.15) is 0 Å². The van der Waals surface area contributed by atoms with Crippen LogP contribution >= 0.6 is 24.8 Å². The number of rotatable bonds is 4. The van der Waals surface area contributed by atoms with E-state index in [0.717, 1.165) is 5.92 Å². The Morgan fingerprint density at radius 1 is 1.07 bits per heavy atom. The number of nitrogens with one attached hydrogen (secondary N) is 1. The highest BCUT2D eigenvalue weighted by Crippen LogP contribution is 2.11. The highest BCUT2D eigenvalue weighted by atomic mass is 35.5. The van der Waals surface area contributed by atoms with E-state index in [-0.39, 0.29) is 24.8 Å². The average molecular weight is 257 g/mol. The molecule has 1 N–H and O–H groups in total. The fourth-order valence-electron chi connectivity index (χ4n) is 2.06. The molecule has 1 heterocycles. The van der Waals surface area contributed by atoms with Crippen molar-refractivity contribution < 1.29 is 0 Å². The van der Waals surface area contributed by atoms with E-state index in [1.165, 1.54) is 38.9 Å². The quantitative estimate of drug-likeness (QED) is 0.832. The molecule has 4 heteroatoms. The Balaban J connectivity index is 0. The summed E-state index contributed by atoms with van der Waals surface area (Å²) in [5.41, 5.74) is 0. The van der Waals surface area contributed by atoms with Crippen molar-refractivity contribution in [1.82, 2.24) is 10.2 Å². The van der Waals surface area contributed by atoms with Crippen LogP contribution in [0.15, 0.2) is 0 Å². The van der Waals surface area contributed by atoms with Gasteiger partial charge in [0.05, 0.1) is 0 Å². The predicted octanol–water partition coefficient (Wildman–Crippen LogP) is 2.56. The molecule has 15 heavy (non-hydrogen) atoms. The van der Waals surface area contributed by atoms with Crippen molar-refractivity contribution in [2.45, 2.75) is 39.2 Å². The standard InChI is InChI=1S/C11H24N2.2ClH/c1-10(2)11(12-3)9-13-7-5-4-6-8-13;;/h10-12H,4-9H2,1-3H3;2*1H. The molecule has 1 unspecified atom stereocenters. The zero-order valence-corrected chi connectivity index (χ0v) is 11.8. The zero-order valence-electron chi connectivity index (χ0n) is 10.2. The number of likely N-dealkylation sites (N-methyl/N-ethyl adjacent to an activating group) is 1. The maximum absolute atomic E-state index is 3.41. The van der Waals surface area contributed by atoms with Gasteiger partial charge in [0.15, 0.2) is 0 Å². The molecule has 0 aromatic heterocycles. The molecule has 0 aliphatic carbocycles. The van der Waals surface area contributed by atoms with Gasteiger partial charge in [-0.05, 0) is 38.9 Å². The molecule has 1 atom stereocenters. The van der Waals surface area contributed by atoms with Crippen LogP contribution in [0.3, 0.4) is 0 Å². The summed E-state index contributed by atoms with van der Waals surface area (Å²) >= 11 is 0. The second-order valence-corrected chi connectivity index (χ2v) is 4.50. The molecular weight excluding hydrogens is 231 g/mol. The number of nitrogens with zero attached hydrogens (tertiary/aromatic N) is 1. The van der Waals surface area contributed by atoms with E-state index in [9.17, 15) is 0 Å². The monoisotopic (exact) mass is 256 g/mol. The fraction of sp³-hybridized carbons (Fsp3) is 1.00. The van der Waals surface area contributed by atoms with Crippen LogP contribution in [0.5, 0.6) is 0 Å². The van der Waals surface area contributed by atoms with Crippen LogP contribution in [0.25, 0.3) is 0 Å². The van der Waals surface area contributed by atoms with Crippen LogP contribution in [-0.2, 0) is 0 Å². The normalized spacial score (nSPS) is 19.2. The second kappa shape index (κ2) is 9.71.